The lowest BCUT2D eigenvalue weighted by Crippen LogP contribution is -2.31. The number of rotatable bonds is 7. The summed E-state index contributed by atoms with van der Waals surface area (Å²) in [5.74, 6) is 0. The van der Waals surface area contributed by atoms with Gasteiger partial charge < -0.3 is 19.3 Å². The van der Waals surface area contributed by atoms with Crippen LogP contribution < -0.4 is 0 Å². The Morgan fingerprint density at radius 1 is 1.53 bits per heavy atom. The minimum Gasteiger partial charge on any atom is -0.375 e. The van der Waals surface area contributed by atoms with Crippen LogP contribution in [0.3, 0.4) is 0 Å². The molecule has 0 saturated carbocycles. The van der Waals surface area contributed by atoms with Crippen LogP contribution in [0.5, 0.6) is 0 Å². The zero-order valence-electron chi connectivity index (χ0n) is 9.52. The fraction of sp³-hybridized carbons (Fsp3) is 1.00. The van der Waals surface area contributed by atoms with Crippen molar-refractivity contribution >= 4 is 0 Å². The van der Waals surface area contributed by atoms with Gasteiger partial charge in [0.15, 0.2) is 0 Å². The monoisotopic (exact) mass is 219 g/mol. The molecular weight excluding hydrogens is 198 g/mol. The summed E-state index contributed by atoms with van der Waals surface area (Å²) in [5, 5.41) is 8.39. The Labute approximate surface area is 90.9 Å². The Kier molecular flexibility index (Phi) is 6.12. The lowest BCUT2D eigenvalue weighted by molar-refractivity contribution is -0.0476. The van der Waals surface area contributed by atoms with E-state index in [0.717, 1.165) is 13.1 Å². The van der Waals surface area contributed by atoms with Gasteiger partial charge in [0.2, 0.25) is 0 Å². The van der Waals surface area contributed by atoms with E-state index in [2.05, 4.69) is 11.8 Å². The van der Waals surface area contributed by atoms with Crippen LogP contribution in [0.2, 0.25) is 0 Å². The number of ether oxygens (including phenoxy) is 3. The molecule has 0 spiro atoms. The van der Waals surface area contributed by atoms with Gasteiger partial charge in [0.1, 0.15) is 6.79 Å². The second kappa shape index (κ2) is 7.14. The van der Waals surface area contributed by atoms with Crippen LogP contribution in [0.15, 0.2) is 0 Å². The molecular formula is C10H21NO4. The van der Waals surface area contributed by atoms with Gasteiger partial charge in [0, 0.05) is 13.1 Å². The summed E-state index contributed by atoms with van der Waals surface area (Å²) in [4.78, 5) is 2.22. The first-order valence-corrected chi connectivity index (χ1v) is 5.36. The van der Waals surface area contributed by atoms with E-state index in [1.807, 2.05) is 6.92 Å². The van der Waals surface area contributed by atoms with Gasteiger partial charge in [0.05, 0.1) is 32.2 Å². The van der Waals surface area contributed by atoms with Crippen molar-refractivity contribution in [2.24, 2.45) is 0 Å². The third kappa shape index (κ3) is 5.44. The quantitative estimate of drug-likeness (QED) is 0.484. The summed E-state index contributed by atoms with van der Waals surface area (Å²) in [6, 6.07) is 0. The summed E-state index contributed by atoms with van der Waals surface area (Å²) in [6.45, 7) is 7.36. The molecule has 2 unspecified atom stereocenters. The van der Waals surface area contributed by atoms with E-state index in [-0.39, 0.29) is 12.9 Å². The highest BCUT2D eigenvalue weighted by molar-refractivity contribution is 4.68. The average Bonchev–Trinajstić information content (AvgIpc) is 2.59. The van der Waals surface area contributed by atoms with Crippen molar-refractivity contribution in [3.8, 4) is 0 Å². The van der Waals surface area contributed by atoms with E-state index in [1.165, 1.54) is 0 Å². The molecule has 0 aromatic heterocycles. The van der Waals surface area contributed by atoms with Crippen LogP contribution in [0.4, 0.5) is 0 Å². The molecule has 2 atom stereocenters. The molecule has 0 aromatic carbocycles. The second-order valence-electron chi connectivity index (χ2n) is 3.86. The van der Waals surface area contributed by atoms with Crippen LogP contribution in [-0.2, 0) is 14.2 Å². The highest BCUT2D eigenvalue weighted by atomic mass is 16.6. The first kappa shape index (κ1) is 12.9. The molecule has 0 radical (unpaired) electrons. The van der Waals surface area contributed by atoms with Crippen molar-refractivity contribution < 1.29 is 19.3 Å². The molecule has 0 amide bonds. The highest BCUT2D eigenvalue weighted by Crippen LogP contribution is 2.08. The normalized spacial score (nSPS) is 24.6. The van der Waals surface area contributed by atoms with Crippen LogP contribution in [0.25, 0.3) is 0 Å². The molecule has 1 aliphatic heterocycles. The standard InChI is InChI=1S/C10H21NO4/c1-9(14-4-3-13-8-12)5-11-6-10(2)15-7-11/h9-10,12H,3-8H2,1-2H3. The Balaban J connectivity index is 2.00. The highest BCUT2D eigenvalue weighted by Gasteiger charge is 2.20. The van der Waals surface area contributed by atoms with E-state index in [4.69, 9.17) is 19.3 Å². The first-order valence-electron chi connectivity index (χ1n) is 5.36. The van der Waals surface area contributed by atoms with Gasteiger partial charge in [-0.2, -0.15) is 0 Å². The van der Waals surface area contributed by atoms with Gasteiger partial charge in [0.25, 0.3) is 0 Å². The largest absolute Gasteiger partial charge is 0.375 e. The second-order valence-corrected chi connectivity index (χ2v) is 3.86. The predicted molar refractivity (Wildman–Crippen MR) is 55.4 cm³/mol. The Morgan fingerprint density at radius 2 is 2.33 bits per heavy atom. The van der Waals surface area contributed by atoms with Gasteiger partial charge in [-0.3, -0.25) is 4.90 Å². The molecule has 15 heavy (non-hydrogen) atoms. The molecule has 1 rings (SSSR count). The molecule has 1 saturated heterocycles. The molecule has 5 nitrogen and oxygen atoms in total. The predicted octanol–water partition coefficient (Wildman–Crippen LogP) is 0.0361. The van der Waals surface area contributed by atoms with E-state index in [9.17, 15) is 0 Å². The van der Waals surface area contributed by atoms with Crippen molar-refractivity contribution in [3.05, 3.63) is 0 Å². The minimum absolute atomic E-state index is 0.168. The summed E-state index contributed by atoms with van der Waals surface area (Å²) in [6.07, 6.45) is 0.496. The average molecular weight is 219 g/mol. The molecule has 0 aliphatic carbocycles. The molecule has 1 heterocycles. The number of aliphatic hydroxyl groups is 1. The number of nitrogens with zero attached hydrogens (tertiary/aromatic N) is 1. The molecule has 0 aromatic rings. The molecule has 5 heteroatoms. The van der Waals surface area contributed by atoms with Crippen LogP contribution in [-0.4, -0.2) is 62.0 Å². The van der Waals surface area contributed by atoms with E-state index >= 15 is 0 Å². The van der Waals surface area contributed by atoms with Crippen LogP contribution in [0.1, 0.15) is 13.8 Å². The number of aliphatic hydroxyl groups excluding tert-OH is 1. The van der Waals surface area contributed by atoms with Crippen molar-refractivity contribution in [3.63, 3.8) is 0 Å². The van der Waals surface area contributed by atoms with Crippen molar-refractivity contribution in [1.82, 2.24) is 4.90 Å². The lowest BCUT2D eigenvalue weighted by atomic mass is 10.3. The smallest absolute Gasteiger partial charge is 0.143 e. The van der Waals surface area contributed by atoms with Crippen molar-refractivity contribution in [1.29, 1.82) is 0 Å². The van der Waals surface area contributed by atoms with Crippen molar-refractivity contribution in [2.75, 3.05) is 39.8 Å². The summed E-state index contributed by atoms with van der Waals surface area (Å²) in [5.41, 5.74) is 0. The summed E-state index contributed by atoms with van der Waals surface area (Å²) >= 11 is 0. The zero-order valence-corrected chi connectivity index (χ0v) is 9.52. The maximum Gasteiger partial charge on any atom is 0.143 e. The van der Waals surface area contributed by atoms with Gasteiger partial charge >= 0.3 is 0 Å². The van der Waals surface area contributed by atoms with Crippen LogP contribution >= 0.6 is 0 Å². The van der Waals surface area contributed by atoms with Gasteiger partial charge in [-0.25, -0.2) is 0 Å². The lowest BCUT2D eigenvalue weighted by Gasteiger charge is -2.19. The minimum atomic E-state index is -0.241. The van der Waals surface area contributed by atoms with Gasteiger partial charge in [-0.05, 0) is 13.8 Å². The zero-order chi connectivity index (χ0) is 11.1. The Hall–Kier alpha value is -0.200. The number of hydrogen-bond donors (Lipinski definition) is 1. The topological polar surface area (TPSA) is 51.2 Å². The van der Waals surface area contributed by atoms with Gasteiger partial charge in [-0.1, -0.05) is 0 Å². The molecule has 1 fully saturated rings. The van der Waals surface area contributed by atoms with E-state index in [0.29, 0.717) is 26.0 Å². The van der Waals surface area contributed by atoms with Crippen molar-refractivity contribution in [2.45, 2.75) is 26.1 Å². The summed E-state index contributed by atoms with van der Waals surface area (Å²) < 4.78 is 15.7. The fourth-order valence-electron chi connectivity index (χ4n) is 1.62. The molecule has 1 N–H and O–H groups in total. The van der Waals surface area contributed by atoms with Gasteiger partial charge in [-0.15, -0.1) is 0 Å². The summed E-state index contributed by atoms with van der Waals surface area (Å²) in [7, 11) is 0. The molecule has 90 valence electrons. The molecule has 0 bridgehead atoms. The Bertz CT molecular complexity index is 168. The third-order valence-electron chi connectivity index (χ3n) is 2.29. The first-order chi connectivity index (χ1) is 7.22. The fourth-order valence-corrected chi connectivity index (χ4v) is 1.62. The van der Waals surface area contributed by atoms with E-state index in [1.54, 1.807) is 0 Å². The molecule has 1 aliphatic rings. The SMILES string of the molecule is CC(CN1COC(C)C1)OCCOCO. The van der Waals surface area contributed by atoms with Crippen LogP contribution in [0, 0.1) is 0 Å². The maximum absolute atomic E-state index is 8.39. The third-order valence-corrected chi connectivity index (χ3v) is 2.29. The van der Waals surface area contributed by atoms with E-state index < -0.39 is 0 Å². The Morgan fingerprint density at radius 3 is 2.93 bits per heavy atom. The number of hydrogen-bond acceptors (Lipinski definition) is 5. The maximum atomic E-state index is 8.39.